The van der Waals surface area contributed by atoms with E-state index in [0.717, 1.165) is 17.0 Å². The van der Waals surface area contributed by atoms with E-state index in [2.05, 4.69) is 5.48 Å². The molecule has 86 valence electrons. The van der Waals surface area contributed by atoms with Gasteiger partial charge in [-0.15, -0.1) is 0 Å². The fraction of sp³-hybridized carbons (Fsp3) is 0.0769. The summed E-state index contributed by atoms with van der Waals surface area (Å²) in [5.41, 5.74) is 5.64. The zero-order chi connectivity index (χ0) is 11.7. The van der Waals surface area contributed by atoms with Crippen LogP contribution in [0.4, 0.5) is 4.39 Å². The van der Waals surface area contributed by atoms with Crippen LogP contribution in [0.3, 0.4) is 0 Å². The Morgan fingerprint density at radius 2 is 2.24 bits per heavy atom. The largest absolute Gasteiger partial charge is 0.243 e. The number of hydrogen-bond donors (Lipinski definition) is 1. The highest BCUT2D eigenvalue weighted by atomic mass is 19.1. The van der Waals surface area contributed by atoms with E-state index in [9.17, 15) is 4.39 Å². The number of allylic oxidation sites excluding steroid dienone is 4. The first-order valence-corrected chi connectivity index (χ1v) is 5.37. The molecule has 0 atom stereocenters. The fourth-order valence-corrected chi connectivity index (χ4v) is 1.88. The van der Waals surface area contributed by atoms with Crippen LogP contribution in [0.25, 0.3) is 0 Å². The molecule has 0 radical (unpaired) electrons. The normalized spacial score (nSPS) is 17.4. The summed E-state index contributed by atoms with van der Waals surface area (Å²) < 4.78 is 13.1. The molecule has 2 aliphatic heterocycles. The van der Waals surface area contributed by atoms with Gasteiger partial charge in [0.15, 0.2) is 0 Å². The zero-order valence-corrected chi connectivity index (χ0v) is 9.06. The van der Waals surface area contributed by atoms with E-state index in [1.807, 2.05) is 30.5 Å². The fourth-order valence-electron chi connectivity index (χ4n) is 1.88. The Morgan fingerprint density at radius 3 is 3.12 bits per heavy atom. The summed E-state index contributed by atoms with van der Waals surface area (Å²) in [5, 5.41) is 1.65. The van der Waals surface area contributed by atoms with Crippen molar-refractivity contribution in [1.29, 1.82) is 0 Å². The lowest BCUT2D eigenvalue weighted by atomic mass is 10.1. The minimum absolute atomic E-state index is 0.219. The standard InChI is InChI=1S/C13H11FN2O/c14-11-5-3-4-10(8-11)9-12-13-6-1-2-7-16(13)17-15-12/h1-8,15H,9H2. The summed E-state index contributed by atoms with van der Waals surface area (Å²) >= 11 is 0. The van der Waals surface area contributed by atoms with E-state index in [1.54, 1.807) is 11.1 Å². The van der Waals surface area contributed by atoms with Crippen LogP contribution in [0.5, 0.6) is 0 Å². The Labute approximate surface area is 98.4 Å². The molecule has 0 aliphatic carbocycles. The summed E-state index contributed by atoms with van der Waals surface area (Å²) in [6.07, 6.45) is 8.21. The monoisotopic (exact) mass is 230 g/mol. The summed E-state index contributed by atoms with van der Waals surface area (Å²) in [7, 11) is 0. The highest BCUT2D eigenvalue weighted by Gasteiger charge is 2.21. The van der Waals surface area contributed by atoms with Gasteiger partial charge in [-0.2, -0.15) is 4.94 Å². The van der Waals surface area contributed by atoms with Crippen LogP contribution >= 0.6 is 0 Å². The second-order valence-electron chi connectivity index (χ2n) is 3.89. The van der Waals surface area contributed by atoms with Gasteiger partial charge in [0.1, 0.15) is 5.82 Å². The quantitative estimate of drug-likeness (QED) is 0.844. The molecule has 17 heavy (non-hydrogen) atoms. The Hall–Kier alpha value is -2.07. The molecule has 0 bridgehead atoms. The molecular weight excluding hydrogens is 219 g/mol. The van der Waals surface area contributed by atoms with Crippen molar-refractivity contribution in [3.05, 3.63) is 71.5 Å². The molecule has 0 aromatic heterocycles. The molecular formula is C13H11FN2O. The number of nitrogens with zero attached hydrogens (tertiary/aromatic N) is 1. The average molecular weight is 230 g/mol. The maximum absolute atomic E-state index is 13.1. The van der Waals surface area contributed by atoms with Gasteiger partial charge < -0.3 is 0 Å². The Kier molecular flexibility index (Phi) is 2.42. The van der Waals surface area contributed by atoms with Gasteiger partial charge in [0, 0.05) is 12.6 Å². The molecule has 0 amide bonds. The first kappa shape index (κ1) is 10.1. The predicted octanol–water partition coefficient (Wildman–Crippen LogP) is 2.42. The molecule has 4 heteroatoms. The molecule has 2 aliphatic rings. The van der Waals surface area contributed by atoms with E-state index >= 15 is 0 Å². The van der Waals surface area contributed by atoms with Crippen molar-refractivity contribution in [2.75, 3.05) is 0 Å². The van der Waals surface area contributed by atoms with Gasteiger partial charge in [0.05, 0.1) is 11.4 Å². The Bertz CT molecular complexity index is 534. The maximum atomic E-state index is 13.1. The van der Waals surface area contributed by atoms with Crippen LogP contribution in [0, 0.1) is 5.82 Å². The highest BCUT2D eigenvalue weighted by molar-refractivity contribution is 5.34. The number of fused-ring (bicyclic) bond motifs is 1. The molecule has 0 fully saturated rings. The number of nitrogens with one attached hydrogen (secondary N) is 1. The predicted molar refractivity (Wildman–Crippen MR) is 61.5 cm³/mol. The van der Waals surface area contributed by atoms with Crippen molar-refractivity contribution >= 4 is 0 Å². The van der Waals surface area contributed by atoms with E-state index in [4.69, 9.17) is 4.94 Å². The van der Waals surface area contributed by atoms with E-state index in [1.165, 1.54) is 12.1 Å². The van der Waals surface area contributed by atoms with Crippen molar-refractivity contribution in [2.24, 2.45) is 0 Å². The highest BCUT2D eigenvalue weighted by Crippen LogP contribution is 2.23. The Balaban J connectivity index is 1.86. The average Bonchev–Trinajstić information content (AvgIpc) is 2.73. The molecule has 0 saturated heterocycles. The minimum atomic E-state index is -0.219. The van der Waals surface area contributed by atoms with Crippen molar-refractivity contribution in [3.63, 3.8) is 0 Å². The van der Waals surface area contributed by atoms with Gasteiger partial charge in [-0.05, 0) is 29.8 Å². The number of hydrogen-bond acceptors (Lipinski definition) is 3. The lowest BCUT2D eigenvalue weighted by Crippen LogP contribution is -2.15. The first-order chi connectivity index (χ1) is 8.33. The third-order valence-electron chi connectivity index (χ3n) is 2.67. The van der Waals surface area contributed by atoms with E-state index in [0.29, 0.717) is 6.42 Å². The number of rotatable bonds is 2. The van der Waals surface area contributed by atoms with Gasteiger partial charge in [-0.25, -0.2) is 14.9 Å². The Morgan fingerprint density at radius 1 is 1.29 bits per heavy atom. The van der Waals surface area contributed by atoms with Crippen molar-refractivity contribution < 1.29 is 9.33 Å². The molecule has 0 spiro atoms. The summed E-state index contributed by atoms with van der Waals surface area (Å²) in [4.78, 5) is 5.25. The van der Waals surface area contributed by atoms with Crippen LogP contribution in [-0.4, -0.2) is 5.06 Å². The number of benzene rings is 1. The van der Waals surface area contributed by atoms with Crippen LogP contribution in [0.2, 0.25) is 0 Å². The SMILES string of the molecule is Fc1cccc(CC2=C3C=CC=CN3ON2)c1. The molecule has 3 nitrogen and oxygen atoms in total. The van der Waals surface area contributed by atoms with Crippen LogP contribution < -0.4 is 5.48 Å². The summed E-state index contributed by atoms with van der Waals surface area (Å²) in [5.74, 6) is -0.219. The van der Waals surface area contributed by atoms with Crippen molar-refractivity contribution in [3.8, 4) is 0 Å². The molecule has 0 unspecified atom stereocenters. The third-order valence-corrected chi connectivity index (χ3v) is 2.67. The second-order valence-corrected chi connectivity index (χ2v) is 3.89. The van der Waals surface area contributed by atoms with Crippen LogP contribution in [0.1, 0.15) is 5.56 Å². The second kappa shape index (κ2) is 4.07. The lowest BCUT2D eigenvalue weighted by molar-refractivity contribution is -0.115. The van der Waals surface area contributed by atoms with Gasteiger partial charge in [0.25, 0.3) is 0 Å². The molecule has 0 saturated carbocycles. The molecule has 1 aromatic carbocycles. The summed E-state index contributed by atoms with van der Waals surface area (Å²) in [6.45, 7) is 0. The third kappa shape index (κ3) is 1.94. The van der Waals surface area contributed by atoms with E-state index < -0.39 is 0 Å². The van der Waals surface area contributed by atoms with Crippen molar-refractivity contribution in [2.45, 2.75) is 6.42 Å². The van der Waals surface area contributed by atoms with Crippen molar-refractivity contribution in [1.82, 2.24) is 10.5 Å². The van der Waals surface area contributed by atoms with Crippen LogP contribution in [0.15, 0.2) is 60.1 Å². The smallest absolute Gasteiger partial charge is 0.123 e. The molecule has 1 aromatic rings. The maximum Gasteiger partial charge on any atom is 0.123 e. The zero-order valence-electron chi connectivity index (χ0n) is 9.06. The lowest BCUT2D eigenvalue weighted by Gasteiger charge is -2.12. The van der Waals surface area contributed by atoms with Gasteiger partial charge >= 0.3 is 0 Å². The van der Waals surface area contributed by atoms with Gasteiger partial charge in [0.2, 0.25) is 0 Å². The van der Waals surface area contributed by atoms with E-state index in [-0.39, 0.29) is 5.82 Å². The molecule has 3 rings (SSSR count). The molecule has 1 N–H and O–H groups in total. The van der Waals surface area contributed by atoms with Gasteiger partial charge in [-0.3, -0.25) is 0 Å². The van der Waals surface area contributed by atoms with Gasteiger partial charge in [-0.1, -0.05) is 18.2 Å². The van der Waals surface area contributed by atoms with Crippen LogP contribution in [-0.2, 0) is 11.4 Å². The minimum Gasteiger partial charge on any atom is -0.243 e. The number of halogens is 1. The summed E-state index contributed by atoms with van der Waals surface area (Å²) in [6, 6.07) is 6.57. The first-order valence-electron chi connectivity index (χ1n) is 5.37. The molecule has 2 heterocycles. The topological polar surface area (TPSA) is 24.5 Å². The number of hydroxylamine groups is 3.